The third-order valence-electron chi connectivity index (χ3n) is 3.54. The first-order valence-electron chi connectivity index (χ1n) is 7.14. The van der Waals surface area contributed by atoms with Crippen LogP contribution in [-0.4, -0.2) is 11.9 Å². The van der Waals surface area contributed by atoms with Crippen LogP contribution >= 0.6 is 15.9 Å². The van der Waals surface area contributed by atoms with E-state index in [-0.39, 0.29) is 11.9 Å². The summed E-state index contributed by atoms with van der Waals surface area (Å²) in [4.78, 5) is 12.1. The standard InChI is InChI=1S/C16H21BrO2/c1-2-6-14(17)12-7-5-8-13(11-12)19-16-10-4-3-9-15(16)18/h5,7-8,11,14,16H,2-4,6,9-10H2,1H3. The van der Waals surface area contributed by atoms with Gasteiger partial charge in [-0.05, 0) is 43.4 Å². The van der Waals surface area contributed by atoms with Crippen molar-refractivity contribution in [2.45, 2.75) is 56.4 Å². The minimum Gasteiger partial charge on any atom is -0.483 e. The Hall–Kier alpha value is -0.830. The van der Waals surface area contributed by atoms with Crippen molar-refractivity contribution < 1.29 is 9.53 Å². The highest BCUT2D eigenvalue weighted by atomic mass is 79.9. The lowest BCUT2D eigenvalue weighted by atomic mass is 9.96. The number of ketones is 1. The molecule has 1 aliphatic rings. The minimum atomic E-state index is -0.232. The van der Waals surface area contributed by atoms with Crippen molar-refractivity contribution in [2.24, 2.45) is 0 Å². The fourth-order valence-corrected chi connectivity index (χ4v) is 3.19. The SMILES string of the molecule is CCCC(Br)c1cccc(OC2CCCCC2=O)c1. The molecule has 0 bridgehead atoms. The van der Waals surface area contributed by atoms with Crippen molar-refractivity contribution in [1.29, 1.82) is 0 Å². The first kappa shape index (κ1) is 14.6. The second kappa shape index (κ2) is 7.09. The van der Waals surface area contributed by atoms with Crippen LogP contribution in [0.4, 0.5) is 0 Å². The zero-order valence-electron chi connectivity index (χ0n) is 11.4. The fraction of sp³-hybridized carbons (Fsp3) is 0.562. The molecule has 2 unspecified atom stereocenters. The zero-order chi connectivity index (χ0) is 13.7. The average Bonchev–Trinajstić information content (AvgIpc) is 2.42. The first-order chi connectivity index (χ1) is 9.20. The molecule has 104 valence electrons. The number of carbonyl (C=O) groups is 1. The number of rotatable bonds is 5. The van der Waals surface area contributed by atoms with E-state index in [1.165, 1.54) is 5.56 Å². The van der Waals surface area contributed by atoms with Gasteiger partial charge in [0.2, 0.25) is 0 Å². The smallest absolute Gasteiger partial charge is 0.173 e. The van der Waals surface area contributed by atoms with Crippen molar-refractivity contribution in [2.75, 3.05) is 0 Å². The van der Waals surface area contributed by atoms with Crippen LogP contribution in [0.15, 0.2) is 24.3 Å². The highest BCUT2D eigenvalue weighted by Crippen LogP contribution is 2.30. The second-order valence-electron chi connectivity index (χ2n) is 5.15. The summed E-state index contributed by atoms with van der Waals surface area (Å²) < 4.78 is 5.87. The van der Waals surface area contributed by atoms with Crippen LogP contribution in [0.3, 0.4) is 0 Å². The molecule has 0 spiro atoms. The molecule has 2 rings (SSSR count). The van der Waals surface area contributed by atoms with Crippen LogP contribution < -0.4 is 4.74 Å². The van der Waals surface area contributed by atoms with Gasteiger partial charge in [-0.2, -0.15) is 0 Å². The molecule has 0 saturated heterocycles. The quantitative estimate of drug-likeness (QED) is 0.726. The summed E-state index contributed by atoms with van der Waals surface area (Å²) in [6.45, 7) is 2.18. The first-order valence-corrected chi connectivity index (χ1v) is 8.05. The normalized spacial score (nSPS) is 21.2. The molecule has 0 amide bonds. The van der Waals surface area contributed by atoms with Gasteiger partial charge < -0.3 is 4.74 Å². The Morgan fingerprint density at radius 1 is 1.42 bits per heavy atom. The zero-order valence-corrected chi connectivity index (χ0v) is 13.0. The molecule has 0 aliphatic heterocycles. The van der Waals surface area contributed by atoms with Crippen LogP contribution in [0.25, 0.3) is 0 Å². The molecule has 1 saturated carbocycles. The third-order valence-corrected chi connectivity index (χ3v) is 4.53. The van der Waals surface area contributed by atoms with E-state index < -0.39 is 0 Å². The van der Waals surface area contributed by atoms with Crippen molar-refractivity contribution in [1.82, 2.24) is 0 Å². The van der Waals surface area contributed by atoms with Crippen LogP contribution in [-0.2, 0) is 4.79 Å². The summed E-state index contributed by atoms with van der Waals surface area (Å²) in [6.07, 6.45) is 5.64. The van der Waals surface area contributed by atoms with Crippen LogP contribution in [0.5, 0.6) is 5.75 Å². The fourth-order valence-electron chi connectivity index (χ4n) is 2.44. The molecule has 1 fully saturated rings. The van der Waals surface area contributed by atoms with E-state index >= 15 is 0 Å². The lowest BCUT2D eigenvalue weighted by molar-refractivity contribution is -0.127. The van der Waals surface area contributed by atoms with Crippen molar-refractivity contribution in [3.63, 3.8) is 0 Å². The van der Waals surface area contributed by atoms with Gasteiger partial charge in [0, 0.05) is 11.2 Å². The Morgan fingerprint density at radius 2 is 2.26 bits per heavy atom. The summed E-state index contributed by atoms with van der Waals surface area (Å²) in [6, 6.07) is 8.10. The maximum absolute atomic E-state index is 11.8. The number of ether oxygens (including phenoxy) is 1. The van der Waals surface area contributed by atoms with Gasteiger partial charge in [0.15, 0.2) is 11.9 Å². The van der Waals surface area contributed by atoms with Crippen molar-refractivity contribution >= 4 is 21.7 Å². The van der Waals surface area contributed by atoms with E-state index in [0.717, 1.165) is 37.9 Å². The van der Waals surface area contributed by atoms with E-state index in [0.29, 0.717) is 11.2 Å². The Bertz CT molecular complexity index is 431. The summed E-state index contributed by atoms with van der Waals surface area (Å²) in [5, 5.41) is 0. The average molecular weight is 325 g/mol. The van der Waals surface area contributed by atoms with Crippen LogP contribution in [0.2, 0.25) is 0 Å². The van der Waals surface area contributed by atoms with E-state index in [4.69, 9.17) is 4.74 Å². The van der Waals surface area contributed by atoms with Crippen molar-refractivity contribution in [3.05, 3.63) is 29.8 Å². The number of carbonyl (C=O) groups excluding carboxylic acids is 1. The maximum Gasteiger partial charge on any atom is 0.173 e. The molecular formula is C16H21BrO2. The maximum atomic E-state index is 11.8. The lowest BCUT2D eigenvalue weighted by Gasteiger charge is -2.22. The highest BCUT2D eigenvalue weighted by molar-refractivity contribution is 9.09. The molecule has 2 atom stereocenters. The number of hydrogen-bond donors (Lipinski definition) is 0. The molecule has 0 N–H and O–H groups in total. The summed E-state index contributed by atoms with van der Waals surface area (Å²) in [5.41, 5.74) is 1.22. The van der Waals surface area contributed by atoms with E-state index in [1.54, 1.807) is 0 Å². The summed E-state index contributed by atoms with van der Waals surface area (Å²) in [5.74, 6) is 1.07. The van der Waals surface area contributed by atoms with Gasteiger partial charge in [0.1, 0.15) is 5.75 Å². The predicted octanol–water partition coefficient (Wildman–Crippen LogP) is 4.81. The third kappa shape index (κ3) is 4.07. The molecule has 1 aliphatic carbocycles. The molecule has 19 heavy (non-hydrogen) atoms. The highest BCUT2D eigenvalue weighted by Gasteiger charge is 2.23. The van der Waals surface area contributed by atoms with E-state index in [1.807, 2.05) is 12.1 Å². The predicted molar refractivity (Wildman–Crippen MR) is 80.9 cm³/mol. The van der Waals surface area contributed by atoms with Crippen molar-refractivity contribution in [3.8, 4) is 5.75 Å². The molecule has 1 aromatic rings. The van der Waals surface area contributed by atoms with Gasteiger partial charge in [0.25, 0.3) is 0 Å². The van der Waals surface area contributed by atoms with Gasteiger partial charge in [0.05, 0.1) is 0 Å². The summed E-state index contributed by atoms with van der Waals surface area (Å²) >= 11 is 3.69. The van der Waals surface area contributed by atoms with Gasteiger partial charge in [-0.25, -0.2) is 0 Å². The molecule has 0 aromatic heterocycles. The van der Waals surface area contributed by atoms with Gasteiger partial charge in [-0.1, -0.05) is 41.4 Å². The van der Waals surface area contributed by atoms with Crippen LogP contribution in [0, 0.1) is 0 Å². The van der Waals surface area contributed by atoms with Gasteiger partial charge in [-0.15, -0.1) is 0 Å². The molecule has 0 heterocycles. The molecule has 3 heteroatoms. The Morgan fingerprint density at radius 3 is 3.00 bits per heavy atom. The van der Waals surface area contributed by atoms with E-state index in [9.17, 15) is 4.79 Å². The number of hydrogen-bond acceptors (Lipinski definition) is 2. The number of Topliss-reactive ketones (excluding diaryl/α,β-unsaturated/α-hetero) is 1. The Balaban J connectivity index is 2.04. The summed E-state index contributed by atoms with van der Waals surface area (Å²) in [7, 11) is 0. The van der Waals surface area contributed by atoms with E-state index in [2.05, 4.69) is 35.0 Å². The molecule has 1 aromatic carbocycles. The monoisotopic (exact) mass is 324 g/mol. The topological polar surface area (TPSA) is 26.3 Å². The lowest BCUT2D eigenvalue weighted by Crippen LogP contribution is -2.30. The Kier molecular flexibility index (Phi) is 5.44. The largest absolute Gasteiger partial charge is 0.483 e. The minimum absolute atomic E-state index is 0.232. The number of alkyl halides is 1. The number of benzene rings is 1. The molecule has 0 radical (unpaired) electrons. The second-order valence-corrected chi connectivity index (χ2v) is 6.25. The molecule has 2 nitrogen and oxygen atoms in total. The van der Waals surface area contributed by atoms with Crippen LogP contribution in [0.1, 0.15) is 55.8 Å². The van der Waals surface area contributed by atoms with Gasteiger partial charge >= 0.3 is 0 Å². The number of halogens is 1. The van der Waals surface area contributed by atoms with Gasteiger partial charge in [-0.3, -0.25) is 4.79 Å². The molecular weight excluding hydrogens is 304 g/mol. The Labute approximate surface area is 123 Å².